The van der Waals surface area contributed by atoms with E-state index in [0.717, 1.165) is 16.5 Å². The molecule has 1 heterocycles. The minimum absolute atomic E-state index is 0.162. The maximum absolute atomic E-state index is 13.4. The van der Waals surface area contributed by atoms with Gasteiger partial charge in [-0.2, -0.15) is 0 Å². The Kier molecular flexibility index (Phi) is 4.59. The molecular weight excluding hydrogens is 357 g/mol. The highest BCUT2D eigenvalue weighted by atomic mass is 79.9. The molecule has 0 amide bonds. The molecule has 2 atom stereocenters. The fourth-order valence-corrected chi connectivity index (χ4v) is 4.14. The summed E-state index contributed by atoms with van der Waals surface area (Å²) in [6.07, 6.45) is 0.930. The minimum atomic E-state index is -0.567. The summed E-state index contributed by atoms with van der Waals surface area (Å²) in [5, 5.41) is 0. The van der Waals surface area contributed by atoms with Gasteiger partial charge in [-0.25, -0.2) is 4.39 Å². The van der Waals surface area contributed by atoms with Gasteiger partial charge in [0.15, 0.2) is 0 Å². The fourth-order valence-electron chi connectivity index (χ4n) is 3.73. The van der Waals surface area contributed by atoms with E-state index in [9.17, 15) is 4.39 Å². The van der Waals surface area contributed by atoms with Gasteiger partial charge in [-0.1, -0.05) is 41.1 Å². The van der Waals surface area contributed by atoms with E-state index < -0.39 is 5.60 Å². The van der Waals surface area contributed by atoms with E-state index in [1.54, 1.807) is 0 Å². The molecule has 0 N–H and O–H groups in total. The first-order chi connectivity index (χ1) is 11.0. The molecule has 3 rings (SSSR count). The zero-order valence-electron chi connectivity index (χ0n) is 13.6. The molecule has 0 saturated carbocycles. The number of likely N-dealkylation sites (N-methyl/N-ethyl adjacent to an activating group) is 1. The number of ether oxygens (including phenoxy) is 1. The van der Waals surface area contributed by atoms with Crippen LogP contribution < -0.4 is 0 Å². The molecule has 0 bridgehead atoms. The van der Waals surface area contributed by atoms with Gasteiger partial charge in [-0.05, 0) is 61.5 Å². The summed E-state index contributed by atoms with van der Waals surface area (Å²) in [6.45, 7) is 2.73. The van der Waals surface area contributed by atoms with E-state index in [4.69, 9.17) is 4.74 Å². The molecule has 122 valence electrons. The van der Waals surface area contributed by atoms with Crippen LogP contribution in [0.15, 0.2) is 46.9 Å². The molecule has 1 aliphatic heterocycles. The fraction of sp³-hybridized carbons (Fsp3) is 0.368. The summed E-state index contributed by atoms with van der Waals surface area (Å²) in [4.78, 5) is 2.19. The van der Waals surface area contributed by atoms with Crippen LogP contribution in [0.4, 0.5) is 4.39 Å². The lowest BCUT2D eigenvalue weighted by atomic mass is 9.78. The number of benzene rings is 2. The second kappa shape index (κ2) is 6.34. The van der Waals surface area contributed by atoms with Crippen molar-refractivity contribution in [2.75, 3.05) is 14.1 Å². The van der Waals surface area contributed by atoms with Crippen LogP contribution in [0.3, 0.4) is 0 Å². The van der Waals surface area contributed by atoms with Gasteiger partial charge in [0.1, 0.15) is 11.4 Å². The lowest BCUT2D eigenvalue weighted by Crippen LogP contribution is -2.48. The van der Waals surface area contributed by atoms with Gasteiger partial charge in [-0.3, -0.25) is 0 Å². The van der Waals surface area contributed by atoms with Crippen molar-refractivity contribution >= 4 is 15.9 Å². The van der Waals surface area contributed by atoms with Gasteiger partial charge in [0.05, 0.1) is 6.61 Å². The van der Waals surface area contributed by atoms with E-state index in [0.29, 0.717) is 6.61 Å². The topological polar surface area (TPSA) is 12.5 Å². The van der Waals surface area contributed by atoms with Crippen LogP contribution in [0, 0.1) is 5.82 Å². The first-order valence-electron chi connectivity index (χ1n) is 7.84. The number of halogens is 2. The molecule has 0 saturated heterocycles. The first kappa shape index (κ1) is 16.6. The molecule has 2 aromatic carbocycles. The summed E-state index contributed by atoms with van der Waals surface area (Å²) >= 11 is 3.54. The highest BCUT2D eigenvalue weighted by Crippen LogP contribution is 2.47. The van der Waals surface area contributed by atoms with Crippen molar-refractivity contribution in [1.82, 2.24) is 4.90 Å². The molecule has 1 aliphatic rings. The van der Waals surface area contributed by atoms with E-state index in [1.165, 1.54) is 23.3 Å². The highest BCUT2D eigenvalue weighted by Gasteiger charge is 2.48. The number of hydrogen-bond acceptors (Lipinski definition) is 2. The van der Waals surface area contributed by atoms with E-state index in [1.807, 2.05) is 18.2 Å². The maximum Gasteiger partial charge on any atom is 0.134 e. The van der Waals surface area contributed by atoms with Gasteiger partial charge in [0.25, 0.3) is 0 Å². The van der Waals surface area contributed by atoms with Crippen LogP contribution in [0.5, 0.6) is 0 Å². The molecule has 2 unspecified atom stereocenters. The van der Waals surface area contributed by atoms with Gasteiger partial charge in [0.2, 0.25) is 0 Å². The van der Waals surface area contributed by atoms with Crippen molar-refractivity contribution in [3.63, 3.8) is 0 Å². The largest absolute Gasteiger partial charge is 0.359 e. The van der Waals surface area contributed by atoms with Crippen molar-refractivity contribution in [1.29, 1.82) is 0 Å². The zero-order chi connectivity index (χ0) is 16.6. The van der Waals surface area contributed by atoms with Crippen molar-refractivity contribution in [3.8, 4) is 0 Å². The van der Waals surface area contributed by atoms with Gasteiger partial charge in [0, 0.05) is 10.5 Å². The highest BCUT2D eigenvalue weighted by molar-refractivity contribution is 9.10. The number of hydrogen-bond donors (Lipinski definition) is 0. The van der Waals surface area contributed by atoms with Crippen molar-refractivity contribution in [2.24, 2.45) is 0 Å². The van der Waals surface area contributed by atoms with E-state index in [-0.39, 0.29) is 11.9 Å². The molecule has 23 heavy (non-hydrogen) atoms. The van der Waals surface area contributed by atoms with Crippen LogP contribution in [0.1, 0.15) is 30.0 Å². The van der Waals surface area contributed by atoms with Crippen molar-refractivity contribution in [2.45, 2.75) is 31.6 Å². The Hall–Kier alpha value is -1.23. The smallest absolute Gasteiger partial charge is 0.134 e. The third-order valence-electron chi connectivity index (χ3n) is 4.68. The normalized spacial score (nSPS) is 21.5. The second-order valence-corrected chi connectivity index (χ2v) is 7.14. The third-order valence-corrected chi connectivity index (χ3v) is 5.17. The summed E-state index contributed by atoms with van der Waals surface area (Å²) < 4.78 is 20.9. The third kappa shape index (κ3) is 2.73. The predicted molar refractivity (Wildman–Crippen MR) is 93.9 cm³/mol. The Morgan fingerprint density at radius 2 is 1.91 bits per heavy atom. The summed E-state index contributed by atoms with van der Waals surface area (Å²) in [5.41, 5.74) is 2.79. The van der Waals surface area contributed by atoms with Gasteiger partial charge in [-0.15, -0.1) is 0 Å². The molecule has 0 spiro atoms. The van der Waals surface area contributed by atoms with Crippen LogP contribution in [-0.4, -0.2) is 25.0 Å². The van der Waals surface area contributed by atoms with Gasteiger partial charge < -0.3 is 9.64 Å². The van der Waals surface area contributed by atoms with Crippen LogP contribution in [-0.2, 0) is 16.9 Å². The average molecular weight is 378 g/mol. The average Bonchev–Trinajstić information content (AvgIpc) is 2.88. The molecule has 0 radical (unpaired) electrons. The summed E-state index contributed by atoms with van der Waals surface area (Å²) in [6, 6.07) is 13.2. The number of nitrogens with zero attached hydrogens (tertiary/aromatic N) is 1. The predicted octanol–water partition coefficient (Wildman–Crippen LogP) is 4.70. The Labute approximate surface area is 145 Å². The lowest BCUT2D eigenvalue weighted by molar-refractivity contribution is -0.0611. The van der Waals surface area contributed by atoms with Crippen molar-refractivity contribution in [3.05, 3.63) is 69.4 Å². The zero-order valence-corrected chi connectivity index (χ0v) is 15.2. The molecule has 0 aromatic heterocycles. The molecule has 0 fully saturated rings. The standard InChI is InChI=1S/C19H21BrFNO/c1-4-18(22(2)3)19(14-5-8-16(21)9-6-14)17-10-7-15(20)11-13(17)12-23-19/h5-11,18H,4,12H2,1-3H3. The lowest BCUT2D eigenvalue weighted by Gasteiger charge is -2.41. The van der Waals surface area contributed by atoms with Crippen LogP contribution >= 0.6 is 15.9 Å². The number of rotatable bonds is 4. The van der Waals surface area contributed by atoms with E-state index in [2.05, 4.69) is 54.0 Å². The summed E-state index contributed by atoms with van der Waals surface area (Å²) in [7, 11) is 4.14. The Morgan fingerprint density at radius 3 is 2.52 bits per heavy atom. The van der Waals surface area contributed by atoms with Crippen molar-refractivity contribution < 1.29 is 9.13 Å². The Bertz CT molecular complexity index is 701. The first-order valence-corrected chi connectivity index (χ1v) is 8.63. The van der Waals surface area contributed by atoms with Gasteiger partial charge >= 0.3 is 0 Å². The molecular formula is C19H21BrFNO. The quantitative estimate of drug-likeness (QED) is 0.765. The van der Waals surface area contributed by atoms with Crippen LogP contribution in [0.25, 0.3) is 0 Å². The monoisotopic (exact) mass is 377 g/mol. The Balaban J connectivity index is 2.23. The molecule has 2 nitrogen and oxygen atoms in total. The maximum atomic E-state index is 13.4. The minimum Gasteiger partial charge on any atom is -0.359 e. The summed E-state index contributed by atoms with van der Waals surface area (Å²) in [5.74, 6) is -0.226. The molecule has 2 aromatic rings. The second-order valence-electron chi connectivity index (χ2n) is 6.22. The molecule has 0 aliphatic carbocycles. The SMILES string of the molecule is CCC(N(C)C)C1(c2ccc(F)cc2)OCc2cc(Br)ccc21. The number of fused-ring (bicyclic) bond motifs is 1. The molecule has 4 heteroatoms. The van der Waals surface area contributed by atoms with Crippen LogP contribution in [0.2, 0.25) is 0 Å². The Morgan fingerprint density at radius 1 is 1.22 bits per heavy atom. The van der Waals surface area contributed by atoms with E-state index >= 15 is 0 Å².